The summed E-state index contributed by atoms with van der Waals surface area (Å²) in [6.07, 6.45) is 3.78. The highest BCUT2D eigenvalue weighted by Gasteiger charge is 2.14. The van der Waals surface area contributed by atoms with E-state index in [0.29, 0.717) is 0 Å². The van der Waals surface area contributed by atoms with Gasteiger partial charge in [-0.05, 0) is 31.6 Å². The number of nitrogens with zero attached hydrogens (tertiary/aromatic N) is 3. The fourth-order valence-electron chi connectivity index (χ4n) is 2.58. The lowest BCUT2D eigenvalue weighted by atomic mass is 10.1. The van der Waals surface area contributed by atoms with Crippen molar-refractivity contribution in [2.75, 3.05) is 0 Å². The number of rotatable bonds is 5. The molecule has 1 aromatic heterocycles. The van der Waals surface area contributed by atoms with Gasteiger partial charge in [0.2, 0.25) is 0 Å². The van der Waals surface area contributed by atoms with Crippen LogP contribution in [0, 0.1) is 6.92 Å². The first-order valence-electron chi connectivity index (χ1n) is 8.24. The SMILES string of the molecule is Cc1cccc(N=C(c2ccccc2)c2cn(C)cn2)c1O[Si](C)C. The second-order valence-electron chi connectivity index (χ2n) is 6.18. The molecule has 3 rings (SSSR count). The zero-order valence-corrected chi connectivity index (χ0v) is 16.0. The number of aromatic nitrogens is 2. The van der Waals surface area contributed by atoms with Crippen LogP contribution in [0.1, 0.15) is 16.8 Å². The summed E-state index contributed by atoms with van der Waals surface area (Å²) in [4.78, 5) is 9.46. The van der Waals surface area contributed by atoms with Gasteiger partial charge >= 0.3 is 0 Å². The van der Waals surface area contributed by atoms with Gasteiger partial charge in [-0.1, -0.05) is 42.5 Å². The maximum absolute atomic E-state index is 6.12. The minimum Gasteiger partial charge on any atom is -0.541 e. The van der Waals surface area contributed by atoms with Crippen LogP contribution in [0.2, 0.25) is 13.1 Å². The standard InChI is InChI=1S/C20H22N3OSi/c1-15-9-8-12-17(20(15)24-25(3)4)22-19(16-10-6-5-7-11-16)18-13-23(2)14-21-18/h5-14H,1-4H3. The van der Waals surface area contributed by atoms with Crippen molar-refractivity contribution in [3.05, 3.63) is 77.9 Å². The fraction of sp³-hybridized carbons (Fsp3) is 0.200. The lowest BCUT2D eigenvalue weighted by molar-refractivity contribution is 0.577. The number of benzene rings is 2. The maximum Gasteiger partial charge on any atom is 0.274 e. The number of aryl methyl sites for hydroxylation is 2. The number of aliphatic imine (C=N–C) groups is 1. The Morgan fingerprint density at radius 3 is 2.48 bits per heavy atom. The molecule has 0 aliphatic heterocycles. The minimum atomic E-state index is -0.879. The molecule has 25 heavy (non-hydrogen) atoms. The Morgan fingerprint density at radius 1 is 1.08 bits per heavy atom. The molecule has 4 nitrogen and oxygen atoms in total. The van der Waals surface area contributed by atoms with Crippen molar-refractivity contribution >= 4 is 20.4 Å². The van der Waals surface area contributed by atoms with E-state index >= 15 is 0 Å². The molecule has 0 amide bonds. The molecule has 127 valence electrons. The molecule has 3 aromatic rings. The van der Waals surface area contributed by atoms with Gasteiger partial charge in [0, 0.05) is 18.8 Å². The van der Waals surface area contributed by atoms with Crippen LogP contribution in [0.25, 0.3) is 0 Å². The van der Waals surface area contributed by atoms with E-state index in [-0.39, 0.29) is 0 Å². The molecule has 0 aliphatic rings. The first-order valence-corrected chi connectivity index (χ1v) is 10.7. The fourth-order valence-corrected chi connectivity index (χ4v) is 3.26. The second kappa shape index (κ2) is 7.48. The Labute approximate surface area is 150 Å². The van der Waals surface area contributed by atoms with Gasteiger partial charge in [-0.2, -0.15) is 0 Å². The predicted octanol–water partition coefficient (Wildman–Crippen LogP) is 4.53. The van der Waals surface area contributed by atoms with Crippen molar-refractivity contribution in [3.63, 3.8) is 0 Å². The van der Waals surface area contributed by atoms with Crippen LogP contribution in [0.5, 0.6) is 5.75 Å². The van der Waals surface area contributed by atoms with Crippen LogP contribution < -0.4 is 4.43 Å². The zero-order valence-electron chi connectivity index (χ0n) is 15.0. The van der Waals surface area contributed by atoms with E-state index in [1.807, 2.05) is 48.1 Å². The van der Waals surface area contributed by atoms with Crippen LogP contribution in [0.15, 0.2) is 66.0 Å². The monoisotopic (exact) mass is 348 g/mol. The lowest BCUT2D eigenvalue weighted by Gasteiger charge is -2.15. The zero-order chi connectivity index (χ0) is 17.8. The van der Waals surface area contributed by atoms with Crippen LogP contribution in [0.4, 0.5) is 5.69 Å². The highest BCUT2D eigenvalue weighted by Crippen LogP contribution is 2.32. The van der Waals surface area contributed by atoms with Crippen molar-refractivity contribution in [2.45, 2.75) is 20.0 Å². The first kappa shape index (κ1) is 17.2. The third-order valence-corrected chi connectivity index (χ3v) is 4.34. The molecule has 0 unspecified atom stereocenters. The summed E-state index contributed by atoms with van der Waals surface area (Å²) in [5.74, 6) is 0.866. The molecule has 0 saturated carbocycles. The van der Waals surface area contributed by atoms with Gasteiger partial charge in [0.25, 0.3) is 9.04 Å². The second-order valence-corrected chi connectivity index (χ2v) is 8.20. The van der Waals surface area contributed by atoms with Crippen molar-refractivity contribution in [2.24, 2.45) is 12.0 Å². The van der Waals surface area contributed by atoms with Crippen LogP contribution >= 0.6 is 0 Å². The molecule has 0 bridgehead atoms. The molecular weight excluding hydrogens is 326 g/mol. The van der Waals surface area contributed by atoms with Gasteiger partial charge in [0.1, 0.15) is 17.1 Å². The van der Waals surface area contributed by atoms with Crippen molar-refractivity contribution in [3.8, 4) is 5.75 Å². The lowest BCUT2D eigenvalue weighted by Crippen LogP contribution is -2.12. The van der Waals surface area contributed by atoms with Gasteiger partial charge in [0.15, 0.2) is 0 Å². The normalized spacial score (nSPS) is 11.8. The Hall–Kier alpha value is -2.66. The molecule has 2 aromatic carbocycles. The van der Waals surface area contributed by atoms with Gasteiger partial charge in [-0.25, -0.2) is 9.98 Å². The Balaban J connectivity index is 2.16. The van der Waals surface area contributed by atoms with E-state index in [0.717, 1.165) is 34.0 Å². The highest BCUT2D eigenvalue weighted by atomic mass is 28.3. The molecule has 1 heterocycles. The average molecular weight is 349 g/mol. The number of hydrogen-bond acceptors (Lipinski definition) is 3. The molecule has 0 spiro atoms. The molecule has 0 saturated heterocycles. The van der Waals surface area contributed by atoms with Crippen molar-refractivity contribution in [1.29, 1.82) is 0 Å². The molecular formula is C20H22N3OSi. The summed E-state index contributed by atoms with van der Waals surface area (Å²) in [6, 6.07) is 16.2. The molecule has 5 heteroatoms. The minimum absolute atomic E-state index is 0.843. The third-order valence-electron chi connectivity index (χ3n) is 3.72. The largest absolute Gasteiger partial charge is 0.541 e. The Bertz CT molecular complexity index is 885. The molecule has 0 aliphatic carbocycles. The Morgan fingerprint density at radius 2 is 1.84 bits per heavy atom. The quantitative estimate of drug-likeness (QED) is 0.502. The van der Waals surface area contributed by atoms with E-state index in [1.165, 1.54) is 0 Å². The first-order chi connectivity index (χ1) is 12.0. The number of imidazole rings is 1. The van der Waals surface area contributed by atoms with E-state index in [2.05, 4.69) is 43.2 Å². The smallest absolute Gasteiger partial charge is 0.274 e. The maximum atomic E-state index is 6.12. The summed E-state index contributed by atoms with van der Waals surface area (Å²) in [7, 11) is 1.08. The van der Waals surface area contributed by atoms with E-state index < -0.39 is 9.04 Å². The molecule has 0 atom stereocenters. The van der Waals surface area contributed by atoms with Gasteiger partial charge in [-0.15, -0.1) is 0 Å². The van der Waals surface area contributed by atoms with Crippen molar-refractivity contribution < 1.29 is 4.43 Å². The van der Waals surface area contributed by atoms with Gasteiger partial charge in [-0.3, -0.25) is 0 Å². The van der Waals surface area contributed by atoms with Crippen molar-refractivity contribution in [1.82, 2.24) is 9.55 Å². The molecule has 0 fully saturated rings. The topological polar surface area (TPSA) is 39.4 Å². The van der Waals surface area contributed by atoms with Crippen LogP contribution in [0.3, 0.4) is 0 Å². The van der Waals surface area contributed by atoms with E-state index in [1.54, 1.807) is 6.33 Å². The summed E-state index contributed by atoms with van der Waals surface area (Å²) >= 11 is 0. The average Bonchev–Trinajstić information content (AvgIpc) is 3.02. The van der Waals surface area contributed by atoms with Gasteiger partial charge < -0.3 is 8.99 Å². The number of hydrogen-bond donors (Lipinski definition) is 0. The summed E-state index contributed by atoms with van der Waals surface area (Å²) < 4.78 is 8.05. The third kappa shape index (κ3) is 4.06. The van der Waals surface area contributed by atoms with Gasteiger partial charge in [0.05, 0.1) is 12.0 Å². The van der Waals surface area contributed by atoms with Crippen LogP contribution in [-0.4, -0.2) is 24.3 Å². The van der Waals surface area contributed by atoms with Crippen LogP contribution in [-0.2, 0) is 7.05 Å². The predicted molar refractivity (Wildman–Crippen MR) is 104 cm³/mol. The molecule has 1 radical (unpaired) electrons. The summed E-state index contributed by atoms with van der Waals surface area (Å²) in [6.45, 7) is 6.31. The highest BCUT2D eigenvalue weighted by molar-refractivity contribution is 6.49. The molecule has 0 N–H and O–H groups in total. The number of para-hydroxylation sites is 1. The summed E-state index contributed by atoms with van der Waals surface area (Å²) in [5.41, 5.74) is 4.67. The van der Waals surface area contributed by atoms with E-state index in [4.69, 9.17) is 9.42 Å². The Kier molecular flexibility index (Phi) is 5.14. The van der Waals surface area contributed by atoms with E-state index in [9.17, 15) is 0 Å². The summed E-state index contributed by atoms with van der Waals surface area (Å²) in [5, 5.41) is 0.